The maximum atomic E-state index is 4.86. The van der Waals surface area contributed by atoms with Crippen LogP contribution in [0, 0.1) is 143 Å². The number of rotatable bonds is 9. The molecule has 4 aromatic carbocycles. The van der Waals surface area contributed by atoms with Gasteiger partial charge in [-0.2, -0.15) is 0 Å². The van der Waals surface area contributed by atoms with Crippen molar-refractivity contribution in [3.05, 3.63) is 110 Å². The average Bonchev–Trinajstić information content (AvgIpc) is 3.36. The molecule has 0 saturated heterocycles. The minimum atomic E-state index is 1.20. The number of hydrogen-bond donors (Lipinski definition) is 2. The summed E-state index contributed by atoms with van der Waals surface area (Å²) in [5, 5.41) is 6.84. The first kappa shape index (κ1) is 53.8. The second-order valence-electron chi connectivity index (χ2n) is 13.0. The standard InChI is InChI=1S/2C13H4.2C12H9NS.C12H24/c2*1-3-5-7-9-11-13-12-10-8-6-4-2;2*1-3-7-11-9(5-1)13-10-6-2-4-8-12(10)14-11;1-3-5-7-9-11-12-10-8-6-4-2/h2*1H,2H3;2*1-8,13H;3H,1,4-12H2,2H3. The lowest BCUT2D eigenvalue weighted by Crippen LogP contribution is -1.98. The van der Waals surface area contributed by atoms with E-state index >= 15 is 0 Å². The number of fused-ring (bicyclic) bond motifs is 4. The lowest BCUT2D eigenvalue weighted by atomic mass is 10.1. The van der Waals surface area contributed by atoms with Crippen molar-refractivity contribution in [2.45, 2.75) is 98.1 Å². The molecule has 320 valence electrons. The molecule has 2 N–H and O–H groups in total. The third kappa shape index (κ3) is 25.5. The molecule has 0 aliphatic carbocycles. The third-order valence-electron chi connectivity index (χ3n) is 8.18. The van der Waals surface area contributed by atoms with Crippen LogP contribution in [0.25, 0.3) is 0 Å². The van der Waals surface area contributed by atoms with Gasteiger partial charge in [-0.1, -0.05) is 142 Å². The van der Waals surface area contributed by atoms with E-state index in [1.807, 2.05) is 29.6 Å². The number of allylic oxidation sites excluding steroid dienone is 1. The van der Waals surface area contributed by atoms with E-state index < -0.39 is 0 Å². The lowest BCUT2D eigenvalue weighted by molar-refractivity contribution is 0.578. The Bertz CT molecular complexity index is 2580. The normalized spacial score (nSPS) is 8.62. The molecule has 2 aliphatic rings. The minimum absolute atomic E-state index is 1.20. The highest BCUT2D eigenvalue weighted by Crippen LogP contribution is 2.44. The minimum Gasteiger partial charge on any atom is -0.354 e. The van der Waals surface area contributed by atoms with Gasteiger partial charge in [-0.25, -0.2) is 0 Å². The molecule has 0 spiro atoms. The summed E-state index contributed by atoms with van der Waals surface area (Å²) in [4.78, 5) is 5.19. The smallest absolute Gasteiger partial charge is 0.0526 e. The molecule has 0 unspecified atom stereocenters. The molecular weight excluding hydrogens is 837 g/mol. The van der Waals surface area contributed by atoms with Crippen molar-refractivity contribution < 1.29 is 0 Å². The summed E-state index contributed by atoms with van der Waals surface area (Å²) >= 11 is 3.64. The highest BCUT2D eigenvalue weighted by molar-refractivity contribution is 8.00. The van der Waals surface area contributed by atoms with Crippen molar-refractivity contribution in [1.29, 1.82) is 0 Å². The Kier molecular flexibility index (Phi) is 31.2. The predicted octanol–water partition coefficient (Wildman–Crippen LogP) is 13.8. The van der Waals surface area contributed by atoms with Crippen LogP contribution in [0.4, 0.5) is 22.7 Å². The van der Waals surface area contributed by atoms with Crippen LogP contribution in [-0.4, -0.2) is 0 Å². The van der Waals surface area contributed by atoms with Crippen molar-refractivity contribution in [2.24, 2.45) is 0 Å². The molecule has 0 amide bonds. The number of unbranched alkanes of at least 4 members (excludes halogenated alkanes) is 8. The summed E-state index contributed by atoms with van der Waals surface area (Å²) in [5.74, 6) is 53.9. The van der Waals surface area contributed by atoms with Crippen LogP contribution in [-0.2, 0) is 0 Å². The van der Waals surface area contributed by atoms with E-state index in [1.165, 1.54) is 100 Å². The fourth-order valence-electron chi connectivity index (χ4n) is 5.22. The van der Waals surface area contributed by atoms with Crippen LogP contribution in [0.1, 0.15) is 78.6 Å². The van der Waals surface area contributed by atoms with E-state index in [9.17, 15) is 0 Å². The van der Waals surface area contributed by atoms with Gasteiger partial charge in [0.05, 0.1) is 22.7 Å². The maximum Gasteiger partial charge on any atom is 0.0526 e. The van der Waals surface area contributed by atoms with Crippen molar-refractivity contribution in [1.82, 2.24) is 0 Å². The van der Waals surface area contributed by atoms with Gasteiger partial charge in [0.2, 0.25) is 0 Å². The molecular formula is C62H50N2S2. The van der Waals surface area contributed by atoms with Gasteiger partial charge < -0.3 is 10.6 Å². The molecule has 4 aromatic rings. The molecule has 0 radical (unpaired) electrons. The summed E-state index contributed by atoms with van der Waals surface area (Å²) in [5.41, 5.74) is 4.82. The van der Waals surface area contributed by atoms with Gasteiger partial charge in [-0.15, -0.1) is 19.4 Å². The molecule has 0 saturated carbocycles. The van der Waals surface area contributed by atoms with Gasteiger partial charge in [0.25, 0.3) is 0 Å². The molecule has 0 fully saturated rings. The van der Waals surface area contributed by atoms with Crippen molar-refractivity contribution in [3.63, 3.8) is 0 Å². The van der Waals surface area contributed by atoms with Crippen LogP contribution in [0.15, 0.2) is 129 Å². The SMILES string of the molecule is C#CC#CC#CC#CC#CC#CC.C#CC#CC#CC#CC#CC#CC.C=CCCCCCCCCCC.c1ccc2c(c1)Nc1ccccc1S2.c1ccc2c(c1)Nc1ccccc1S2. The molecule has 66 heavy (non-hydrogen) atoms. The molecule has 4 heteroatoms. The fraction of sp³-hybridized carbons (Fsp3) is 0.194. The predicted molar refractivity (Wildman–Crippen MR) is 285 cm³/mol. The zero-order chi connectivity index (χ0) is 47.4. The first-order valence-corrected chi connectivity index (χ1v) is 22.9. The van der Waals surface area contributed by atoms with E-state index in [1.54, 1.807) is 13.8 Å². The second kappa shape index (κ2) is 38.3. The second-order valence-corrected chi connectivity index (χ2v) is 15.2. The number of hydrogen-bond acceptors (Lipinski definition) is 4. The first-order valence-electron chi connectivity index (χ1n) is 21.2. The molecule has 2 nitrogen and oxygen atoms in total. The third-order valence-corrected chi connectivity index (χ3v) is 10.5. The Labute approximate surface area is 405 Å². The highest BCUT2D eigenvalue weighted by Gasteiger charge is 2.14. The number of terminal acetylenes is 2. The molecule has 0 bridgehead atoms. The molecule has 0 atom stereocenters. The summed E-state index contributed by atoms with van der Waals surface area (Å²) in [6.07, 6.45) is 24.2. The summed E-state index contributed by atoms with van der Waals surface area (Å²) < 4.78 is 0. The van der Waals surface area contributed by atoms with E-state index in [4.69, 9.17) is 12.8 Å². The van der Waals surface area contributed by atoms with Crippen LogP contribution in [0.5, 0.6) is 0 Å². The Morgan fingerprint density at radius 1 is 0.409 bits per heavy atom. The summed E-state index contributed by atoms with van der Waals surface area (Å²) in [6.45, 7) is 9.40. The number of benzene rings is 4. The molecule has 2 aliphatic heterocycles. The number of anilines is 4. The van der Waals surface area contributed by atoms with Gasteiger partial charge >= 0.3 is 0 Å². The van der Waals surface area contributed by atoms with Gasteiger partial charge in [0.1, 0.15) is 0 Å². The van der Waals surface area contributed by atoms with Gasteiger partial charge in [0.15, 0.2) is 0 Å². The monoisotopic (exact) mass is 886 g/mol. The first-order chi connectivity index (χ1) is 32.6. The quantitative estimate of drug-likeness (QED) is 0.0858. The Morgan fingerprint density at radius 3 is 0.970 bits per heavy atom. The zero-order valence-electron chi connectivity index (χ0n) is 37.9. The molecule has 0 aromatic heterocycles. The van der Waals surface area contributed by atoms with E-state index in [0.29, 0.717) is 0 Å². The van der Waals surface area contributed by atoms with Crippen molar-refractivity contribution in [2.75, 3.05) is 10.6 Å². The van der Waals surface area contributed by atoms with E-state index in [-0.39, 0.29) is 0 Å². The van der Waals surface area contributed by atoms with Crippen molar-refractivity contribution in [3.8, 4) is 143 Å². The van der Waals surface area contributed by atoms with Crippen LogP contribution >= 0.6 is 23.5 Å². The fourth-order valence-corrected chi connectivity index (χ4v) is 7.20. The van der Waals surface area contributed by atoms with E-state index in [2.05, 4.69) is 251 Å². The van der Waals surface area contributed by atoms with Gasteiger partial charge in [-0.3, -0.25) is 0 Å². The summed E-state index contributed by atoms with van der Waals surface area (Å²) in [7, 11) is 0. The number of nitrogens with one attached hydrogen (secondary N) is 2. The van der Waals surface area contributed by atoms with Crippen molar-refractivity contribution >= 4 is 46.3 Å². The lowest BCUT2D eigenvalue weighted by Gasteiger charge is -2.19. The van der Waals surface area contributed by atoms with Gasteiger partial charge in [-0.05, 0) is 194 Å². The molecule has 2 heterocycles. The van der Waals surface area contributed by atoms with Crippen LogP contribution in [0.2, 0.25) is 0 Å². The maximum absolute atomic E-state index is 4.86. The molecule has 6 rings (SSSR count). The zero-order valence-corrected chi connectivity index (χ0v) is 39.5. The highest BCUT2D eigenvalue weighted by atomic mass is 32.2. The van der Waals surface area contributed by atoms with Crippen LogP contribution in [0.3, 0.4) is 0 Å². The largest absolute Gasteiger partial charge is 0.354 e. The average molecular weight is 887 g/mol. The van der Waals surface area contributed by atoms with E-state index in [0.717, 1.165) is 0 Å². The Morgan fingerprint density at radius 2 is 0.682 bits per heavy atom. The topological polar surface area (TPSA) is 24.1 Å². The Hall–Kier alpha value is -8.36. The number of para-hydroxylation sites is 4. The Balaban J connectivity index is 0.000000284. The van der Waals surface area contributed by atoms with Crippen LogP contribution < -0.4 is 10.6 Å². The summed E-state index contributed by atoms with van der Waals surface area (Å²) in [6, 6.07) is 33.5. The van der Waals surface area contributed by atoms with Gasteiger partial charge in [0, 0.05) is 19.6 Å².